The van der Waals surface area contributed by atoms with Crippen LogP contribution in [0.5, 0.6) is 5.75 Å². The molecule has 1 aromatic carbocycles. The van der Waals surface area contributed by atoms with Crippen molar-refractivity contribution in [3.63, 3.8) is 0 Å². The van der Waals surface area contributed by atoms with E-state index in [1.165, 1.54) is 36.6 Å². The molecule has 0 saturated carbocycles. The number of thiophene rings is 1. The Labute approximate surface area is 116 Å². The van der Waals surface area contributed by atoms with Crippen molar-refractivity contribution in [2.24, 2.45) is 0 Å². The Morgan fingerprint density at radius 1 is 1.41 bits per heavy atom. The molecule has 0 fully saturated rings. The van der Waals surface area contributed by atoms with E-state index in [2.05, 4.69) is 22.6 Å². The van der Waals surface area contributed by atoms with Crippen molar-refractivity contribution in [3.05, 3.63) is 49.5 Å². The van der Waals surface area contributed by atoms with Gasteiger partial charge in [-0.05, 0) is 57.8 Å². The van der Waals surface area contributed by atoms with Gasteiger partial charge in [-0.1, -0.05) is 0 Å². The lowest BCUT2D eigenvalue weighted by molar-refractivity contribution is 0.214. The first kappa shape index (κ1) is 12.8. The summed E-state index contributed by atoms with van der Waals surface area (Å²) in [6.45, 7) is 0. The molecule has 1 aromatic heterocycles. The second-order valence-corrected chi connectivity index (χ2v) is 6.28. The van der Waals surface area contributed by atoms with E-state index in [-0.39, 0.29) is 5.82 Å². The molecule has 1 heterocycles. The van der Waals surface area contributed by atoms with E-state index in [0.29, 0.717) is 11.3 Å². The quantitative estimate of drug-likeness (QED) is 0.844. The molecule has 0 radical (unpaired) electrons. The molecule has 2 aromatic rings. The number of aliphatic hydroxyl groups is 1. The minimum absolute atomic E-state index is 0.384. The van der Waals surface area contributed by atoms with Crippen molar-refractivity contribution in [3.8, 4) is 5.75 Å². The summed E-state index contributed by atoms with van der Waals surface area (Å²) in [6.07, 6.45) is -0.861. The van der Waals surface area contributed by atoms with Gasteiger partial charge in [-0.15, -0.1) is 11.3 Å². The van der Waals surface area contributed by atoms with Crippen molar-refractivity contribution < 1.29 is 14.2 Å². The Kier molecular flexibility index (Phi) is 4.01. The highest BCUT2D eigenvalue weighted by molar-refractivity contribution is 14.1. The minimum atomic E-state index is -0.861. The molecular formula is C12H10FIO2S. The topological polar surface area (TPSA) is 29.5 Å². The predicted molar refractivity (Wildman–Crippen MR) is 74.0 cm³/mol. The van der Waals surface area contributed by atoms with Crippen LogP contribution in [0.3, 0.4) is 0 Å². The van der Waals surface area contributed by atoms with Gasteiger partial charge in [0.15, 0.2) is 0 Å². The lowest BCUT2D eigenvalue weighted by Crippen LogP contribution is -2.02. The van der Waals surface area contributed by atoms with Gasteiger partial charge in [0.05, 0.1) is 9.99 Å². The van der Waals surface area contributed by atoms with Gasteiger partial charge in [0.25, 0.3) is 0 Å². The van der Waals surface area contributed by atoms with E-state index in [4.69, 9.17) is 4.74 Å². The van der Waals surface area contributed by atoms with E-state index in [1.54, 1.807) is 0 Å². The fourth-order valence-electron chi connectivity index (χ4n) is 1.57. The van der Waals surface area contributed by atoms with Gasteiger partial charge in [0.2, 0.25) is 0 Å². The monoisotopic (exact) mass is 364 g/mol. The number of methoxy groups -OCH3 is 1. The number of benzene rings is 1. The van der Waals surface area contributed by atoms with E-state index in [9.17, 15) is 9.50 Å². The van der Waals surface area contributed by atoms with Crippen molar-refractivity contribution in [2.45, 2.75) is 6.10 Å². The lowest BCUT2D eigenvalue weighted by Gasteiger charge is -2.13. The highest BCUT2D eigenvalue weighted by Gasteiger charge is 2.17. The van der Waals surface area contributed by atoms with Gasteiger partial charge < -0.3 is 9.84 Å². The van der Waals surface area contributed by atoms with Crippen molar-refractivity contribution in [2.75, 3.05) is 7.11 Å². The van der Waals surface area contributed by atoms with Gasteiger partial charge in [-0.25, -0.2) is 4.39 Å². The molecule has 1 atom stereocenters. The molecule has 0 spiro atoms. The largest absolute Gasteiger partial charge is 0.496 e. The van der Waals surface area contributed by atoms with Crippen molar-refractivity contribution in [1.82, 2.24) is 0 Å². The highest BCUT2D eigenvalue weighted by Crippen LogP contribution is 2.32. The van der Waals surface area contributed by atoms with Crippen LogP contribution in [-0.2, 0) is 0 Å². The van der Waals surface area contributed by atoms with E-state index < -0.39 is 6.10 Å². The van der Waals surface area contributed by atoms with Crippen LogP contribution in [0, 0.1) is 8.70 Å². The normalized spacial score (nSPS) is 12.5. The summed E-state index contributed by atoms with van der Waals surface area (Å²) in [5.74, 6) is 0.102. The molecule has 0 aliphatic carbocycles. The predicted octanol–water partition coefficient (Wildman–Crippen LogP) is 3.58. The Balaban J connectivity index is 2.42. The molecule has 1 unspecified atom stereocenters. The Morgan fingerprint density at radius 3 is 2.76 bits per heavy atom. The molecule has 0 aliphatic rings. The summed E-state index contributed by atoms with van der Waals surface area (Å²) in [4.78, 5) is 0. The number of hydrogen-bond donors (Lipinski definition) is 1. The fraction of sp³-hybridized carbons (Fsp3) is 0.167. The van der Waals surface area contributed by atoms with Crippen LogP contribution in [0.25, 0.3) is 0 Å². The Bertz CT molecular complexity index is 527. The molecule has 0 saturated heterocycles. The Morgan fingerprint density at radius 2 is 2.18 bits per heavy atom. The van der Waals surface area contributed by atoms with Crippen LogP contribution >= 0.6 is 33.9 Å². The van der Waals surface area contributed by atoms with Gasteiger partial charge >= 0.3 is 0 Å². The third kappa shape index (κ3) is 2.78. The first-order valence-electron chi connectivity index (χ1n) is 4.87. The van der Waals surface area contributed by atoms with Crippen LogP contribution in [0.1, 0.15) is 17.2 Å². The first-order chi connectivity index (χ1) is 8.11. The van der Waals surface area contributed by atoms with Gasteiger partial charge in [0, 0.05) is 5.56 Å². The van der Waals surface area contributed by atoms with Crippen LogP contribution in [0.15, 0.2) is 29.6 Å². The lowest BCUT2D eigenvalue weighted by atomic mass is 10.0. The van der Waals surface area contributed by atoms with Gasteiger partial charge in [0.1, 0.15) is 17.7 Å². The maximum absolute atomic E-state index is 13.2. The summed E-state index contributed by atoms with van der Waals surface area (Å²) in [5, 5.41) is 12.1. The van der Waals surface area contributed by atoms with Crippen LogP contribution < -0.4 is 4.74 Å². The zero-order chi connectivity index (χ0) is 12.4. The molecular weight excluding hydrogens is 354 g/mol. The smallest absolute Gasteiger partial charge is 0.125 e. The average Bonchev–Trinajstić information content (AvgIpc) is 2.75. The minimum Gasteiger partial charge on any atom is -0.496 e. The molecule has 1 N–H and O–H groups in total. The average molecular weight is 364 g/mol. The second kappa shape index (κ2) is 5.32. The summed E-state index contributed by atoms with van der Waals surface area (Å²) in [6, 6.07) is 6.01. The molecule has 0 amide bonds. The molecule has 2 rings (SSSR count). The van der Waals surface area contributed by atoms with E-state index in [1.807, 2.05) is 11.4 Å². The van der Waals surface area contributed by atoms with Crippen LogP contribution in [-0.4, -0.2) is 12.2 Å². The maximum Gasteiger partial charge on any atom is 0.125 e. The fourth-order valence-corrected chi connectivity index (χ4v) is 2.96. The molecule has 90 valence electrons. The molecule has 0 aliphatic heterocycles. The summed E-state index contributed by atoms with van der Waals surface area (Å²) in [5.41, 5.74) is 1.20. The zero-order valence-electron chi connectivity index (χ0n) is 8.98. The summed E-state index contributed by atoms with van der Waals surface area (Å²) in [7, 11) is 1.50. The summed E-state index contributed by atoms with van der Waals surface area (Å²) < 4.78 is 19.4. The number of hydrogen-bond acceptors (Lipinski definition) is 3. The molecule has 17 heavy (non-hydrogen) atoms. The van der Waals surface area contributed by atoms with Crippen LogP contribution in [0.4, 0.5) is 4.39 Å². The third-order valence-electron chi connectivity index (χ3n) is 2.39. The first-order valence-corrected chi connectivity index (χ1v) is 6.83. The number of rotatable bonds is 3. The van der Waals surface area contributed by atoms with Gasteiger partial charge in [-0.3, -0.25) is 0 Å². The van der Waals surface area contributed by atoms with E-state index in [0.717, 1.165) is 8.45 Å². The van der Waals surface area contributed by atoms with Gasteiger partial charge in [-0.2, -0.15) is 0 Å². The SMILES string of the molecule is COc1ccc(F)cc1C(O)c1csc(I)c1. The molecule has 2 nitrogen and oxygen atoms in total. The second-order valence-electron chi connectivity index (χ2n) is 3.47. The molecule has 5 heteroatoms. The number of halogens is 2. The highest BCUT2D eigenvalue weighted by atomic mass is 127. The number of ether oxygens (including phenoxy) is 1. The summed E-state index contributed by atoms with van der Waals surface area (Å²) >= 11 is 3.72. The number of aliphatic hydroxyl groups excluding tert-OH is 1. The zero-order valence-corrected chi connectivity index (χ0v) is 12.0. The standard InChI is InChI=1S/C12H10FIO2S/c1-16-10-3-2-8(13)5-9(10)12(15)7-4-11(14)17-6-7/h2-6,12,15H,1H3. The third-order valence-corrected chi connectivity index (χ3v) is 4.20. The van der Waals surface area contributed by atoms with Crippen molar-refractivity contribution >= 4 is 33.9 Å². The van der Waals surface area contributed by atoms with Crippen LogP contribution in [0.2, 0.25) is 0 Å². The molecule has 0 bridgehead atoms. The van der Waals surface area contributed by atoms with Crippen molar-refractivity contribution in [1.29, 1.82) is 0 Å². The maximum atomic E-state index is 13.2. The Hall–Kier alpha value is -0.660. The van der Waals surface area contributed by atoms with E-state index >= 15 is 0 Å².